The Labute approximate surface area is 118 Å². The first kappa shape index (κ1) is 16.2. The molecule has 0 saturated carbocycles. The van der Waals surface area contributed by atoms with Crippen molar-refractivity contribution in [3.8, 4) is 11.8 Å². The van der Waals surface area contributed by atoms with Gasteiger partial charge >= 0.3 is 12.3 Å². The van der Waals surface area contributed by atoms with E-state index in [1.54, 1.807) is 13.0 Å². The third-order valence-electron chi connectivity index (χ3n) is 2.15. The zero-order valence-corrected chi connectivity index (χ0v) is 11.2. The van der Waals surface area contributed by atoms with E-state index in [9.17, 15) is 18.0 Å². The summed E-state index contributed by atoms with van der Waals surface area (Å²) in [5, 5.41) is 8.79. The van der Waals surface area contributed by atoms with Crippen molar-refractivity contribution in [1.82, 2.24) is 0 Å². The largest absolute Gasteiger partial charge is 0.573 e. The van der Waals surface area contributed by atoms with Crippen LogP contribution in [0.5, 0.6) is 5.75 Å². The predicted molar refractivity (Wildman–Crippen MR) is 65.4 cm³/mol. The molecule has 0 fully saturated rings. The average molecular weight is 305 g/mol. The van der Waals surface area contributed by atoms with Crippen LogP contribution < -0.4 is 4.74 Å². The highest BCUT2D eigenvalue weighted by Gasteiger charge is 2.32. The molecule has 20 heavy (non-hydrogen) atoms. The van der Waals surface area contributed by atoms with Crippen molar-refractivity contribution in [2.75, 3.05) is 6.61 Å². The van der Waals surface area contributed by atoms with E-state index in [2.05, 4.69) is 17.4 Å². The van der Waals surface area contributed by atoms with Gasteiger partial charge in [0.2, 0.25) is 0 Å². The van der Waals surface area contributed by atoms with Gasteiger partial charge in [0, 0.05) is 0 Å². The summed E-state index contributed by atoms with van der Waals surface area (Å²) < 4.78 is 45.2. The lowest BCUT2D eigenvalue weighted by atomic mass is 10.1. The first-order chi connectivity index (χ1) is 9.26. The Morgan fingerprint density at radius 3 is 2.60 bits per heavy atom. The zero-order valence-electron chi connectivity index (χ0n) is 10.3. The number of ether oxygens (including phenoxy) is 2. The fourth-order valence-electron chi connectivity index (χ4n) is 1.43. The standard InChI is InChI=1S/C12H10F3NO3S/c1-2-18-10(17)5-8-3-7(6-16)4-9(11(8)20)19-12(13,14)15/h3-4,20H,2,5H2,1H3. The molecule has 0 unspecified atom stereocenters. The molecule has 4 nitrogen and oxygen atoms in total. The topological polar surface area (TPSA) is 59.3 Å². The Morgan fingerprint density at radius 1 is 1.45 bits per heavy atom. The second-order valence-corrected chi connectivity index (χ2v) is 4.07. The van der Waals surface area contributed by atoms with Crippen molar-refractivity contribution < 1.29 is 27.4 Å². The van der Waals surface area contributed by atoms with Gasteiger partial charge in [-0.3, -0.25) is 4.79 Å². The number of hydrogen-bond donors (Lipinski definition) is 1. The monoisotopic (exact) mass is 305 g/mol. The Bertz CT molecular complexity index is 552. The second-order valence-electron chi connectivity index (χ2n) is 3.62. The summed E-state index contributed by atoms with van der Waals surface area (Å²) in [7, 11) is 0. The van der Waals surface area contributed by atoms with Crippen molar-refractivity contribution in [3.63, 3.8) is 0 Å². The summed E-state index contributed by atoms with van der Waals surface area (Å²) >= 11 is 3.91. The average Bonchev–Trinajstić information content (AvgIpc) is 2.32. The van der Waals surface area contributed by atoms with Gasteiger partial charge < -0.3 is 9.47 Å². The second kappa shape index (κ2) is 6.52. The normalized spacial score (nSPS) is 10.8. The van der Waals surface area contributed by atoms with E-state index in [0.717, 1.165) is 6.07 Å². The summed E-state index contributed by atoms with van der Waals surface area (Å²) in [6.07, 6.45) is -5.21. The summed E-state index contributed by atoms with van der Waals surface area (Å²) in [5.74, 6) is -1.25. The molecule has 8 heteroatoms. The minimum absolute atomic E-state index is 0.0682. The van der Waals surface area contributed by atoms with Gasteiger partial charge in [-0.15, -0.1) is 25.8 Å². The summed E-state index contributed by atoms with van der Waals surface area (Å²) in [6.45, 7) is 1.74. The van der Waals surface area contributed by atoms with Gasteiger partial charge in [-0.2, -0.15) is 5.26 Å². The fourth-order valence-corrected chi connectivity index (χ4v) is 1.69. The molecule has 0 radical (unpaired) electrons. The number of thiol groups is 1. The summed E-state index contributed by atoms with van der Waals surface area (Å²) in [6, 6.07) is 3.87. The lowest BCUT2D eigenvalue weighted by molar-refractivity contribution is -0.275. The van der Waals surface area contributed by atoms with Crippen LogP contribution in [0.4, 0.5) is 13.2 Å². The van der Waals surface area contributed by atoms with Crippen LogP contribution in [0.2, 0.25) is 0 Å². The molecular formula is C12H10F3NO3S. The van der Waals surface area contributed by atoms with Crippen LogP contribution in [0.15, 0.2) is 17.0 Å². The first-order valence-electron chi connectivity index (χ1n) is 5.44. The maximum absolute atomic E-state index is 12.2. The molecule has 1 rings (SSSR count). The molecule has 0 aliphatic carbocycles. The number of esters is 1. The molecule has 0 amide bonds. The summed E-state index contributed by atoms with van der Waals surface area (Å²) in [5.41, 5.74) is 0.0615. The number of halogens is 3. The molecule has 0 aliphatic heterocycles. The Morgan fingerprint density at radius 2 is 2.10 bits per heavy atom. The third kappa shape index (κ3) is 4.66. The number of carbonyl (C=O) groups is 1. The molecule has 0 aliphatic rings. The molecule has 0 N–H and O–H groups in total. The van der Waals surface area contributed by atoms with Crippen molar-refractivity contribution in [2.45, 2.75) is 24.6 Å². The molecule has 1 aromatic carbocycles. The molecule has 108 valence electrons. The van der Waals surface area contributed by atoms with Gasteiger partial charge in [0.25, 0.3) is 0 Å². The SMILES string of the molecule is CCOC(=O)Cc1cc(C#N)cc(OC(F)(F)F)c1S. The van der Waals surface area contributed by atoms with Crippen LogP contribution in [0.1, 0.15) is 18.1 Å². The predicted octanol–water partition coefficient (Wildman–Crippen LogP) is 2.85. The molecule has 0 bridgehead atoms. The molecule has 0 atom stereocenters. The number of carbonyl (C=O) groups excluding carboxylic acids is 1. The van der Waals surface area contributed by atoms with Crippen LogP contribution in [-0.2, 0) is 16.0 Å². The van der Waals surface area contributed by atoms with Crippen LogP contribution in [0, 0.1) is 11.3 Å². The van der Waals surface area contributed by atoms with E-state index >= 15 is 0 Å². The Hall–Kier alpha value is -1.88. The van der Waals surface area contributed by atoms with Crippen molar-refractivity contribution in [2.24, 2.45) is 0 Å². The van der Waals surface area contributed by atoms with Gasteiger partial charge in [-0.05, 0) is 24.6 Å². The van der Waals surface area contributed by atoms with E-state index in [-0.39, 0.29) is 29.1 Å². The van der Waals surface area contributed by atoms with Crippen molar-refractivity contribution >= 4 is 18.6 Å². The highest BCUT2D eigenvalue weighted by atomic mass is 32.1. The van der Waals surface area contributed by atoms with E-state index in [0.29, 0.717) is 0 Å². The van der Waals surface area contributed by atoms with Gasteiger partial charge in [0.15, 0.2) is 0 Å². The maximum Gasteiger partial charge on any atom is 0.573 e. The first-order valence-corrected chi connectivity index (χ1v) is 5.89. The van der Waals surface area contributed by atoms with E-state index in [4.69, 9.17) is 10.00 Å². The van der Waals surface area contributed by atoms with Crippen LogP contribution >= 0.6 is 12.6 Å². The quantitative estimate of drug-likeness (QED) is 0.686. The lowest BCUT2D eigenvalue weighted by Gasteiger charge is -2.14. The fraction of sp³-hybridized carbons (Fsp3) is 0.333. The van der Waals surface area contributed by atoms with Gasteiger partial charge in [-0.25, -0.2) is 0 Å². The van der Waals surface area contributed by atoms with E-state index < -0.39 is 18.1 Å². The molecular weight excluding hydrogens is 295 g/mol. The maximum atomic E-state index is 12.2. The Balaban J connectivity index is 3.15. The number of hydrogen-bond acceptors (Lipinski definition) is 5. The molecule has 0 heterocycles. The molecule has 0 spiro atoms. The molecule has 0 aromatic heterocycles. The van der Waals surface area contributed by atoms with Crippen LogP contribution in [-0.4, -0.2) is 18.9 Å². The minimum atomic E-state index is -4.91. The lowest BCUT2D eigenvalue weighted by Crippen LogP contribution is -2.18. The highest BCUT2D eigenvalue weighted by molar-refractivity contribution is 7.80. The third-order valence-corrected chi connectivity index (χ3v) is 2.66. The van der Waals surface area contributed by atoms with Gasteiger partial charge in [0.05, 0.1) is 29.6 Å². The van der Waals surface area contributed by atoms with Crippen molar-refractivity contribution in [1.29, 1.82) is 5.26 Å². The highest BCUT2D eigenvalue weighted by Crippen LogP contribution is 2.33. The number of alkyl halides is 3. The van der Waals surface area contributed by atoms with Gasteiger partial charge in [0.1, 0.15) is 5.75 Å². The number of nitriles is 1. The zero-order chi connectivity index (χ0) is 15.3. The van der Waals surface area contributed by atoms with E-state index in [1.165, 1.54) is 6.07 Å². The van der Waals surface area contributed by atoms with Crippen LogP contribution in [0.25, 0.3) is 0 Å². The minimum Gasteiger partial charge on any atom is -0.466 e. The van der Waals surface area contributed by atoms with Crippen molar-refractivity contribution in [3.05, 3.63) is 23.3 Å². The number of nitrogens with zero attached hydrogens (tertiary/aromatic N) is 1. The van der Waals surface area contributed by atoms with Gasteiger partial charge in [-0.1, -0.05) is 0 Å². The number of rotatable bonds is 4. The molecule has 0 saturated heterocycles. The van der Waals surface area contributed by atoms with E-state index in [1.807, 2.05) is 0 Å². The Kier molecular flexibility index (Phi) is 5.27. The number of benzene rings is 1. The summed E-state index contributed by atoms with van der Waals surface area (Å²) in [4.78, 5) is 11.2. The molecule has 1 aromatic rings. The smallest absolute Gasteiger partial charge is 0.466 e. The van der Waals surface area contributed by atoms with Crippen LogP contribution in [0.3, 0.4) is 0 Å².